The molecular formula is C30H42N4O4S. The predicted octanol–water partition coefficient (Wildman–Crippen LogP) is 4.20. The maximum Gasteiger partial charge on any atom is 0.246 e. The van der Waals surface area contributed by atoms with Gasteiger partial charge in [0.25, 0.3) is 0 Å². The number of nitrogens with one attached hydrogen (secondary N) is 2. The molecule has 8 nitrogen and oxygen atoms in total. The van der Waals surface area contributed by atoms with Gasteiger partial charge >= 0.3 is 0 Å². The summed E-state index contributed by atoms with van der Waals surface area (Å²) in [5.41, 5.74) is 4.29. The third-order valence-electron chi connectivity index (χ3n) is 7.91. The Labute approximate surface area is 235 Å². The molecule has 1 aliphatic heterocycles. The molecule has 3 amide bonds. The molecule has 2 aromatic rings. The maximum atomic E-state index is 13.7. The van der Waals surface area contributed by atoms with Gasteiger partial charge < -0.3 is 20.6 Å². The van der Waals surface area contributed by atoms with Crippen LogP contribution in [0.25, 0.3) is 10.4 Å². The number of hydrogen-bond acceptors (Lipinski definition) is 6. The van der Waals surface area contributed by atoms with Crippen LogP contribution >= 0.6 is 11.3 Å². The van der Waals surface area contributed by atoms with Crippen LogP contribution in [-0.4, -0.2) is 57.4 Å². The number of rotatable bonds is 8. The summed E-state index contributed by atoms with van der Waals surface area (Å²) in [6.45, 7) is 8.11. The van der Waals surface area contributed by atoms with Crippen molar-refractivity contribution in [1.82, 2.24) is 20.5 Å². The van der Waals surface area contributed by atoms with Crippen LogP contribution in [0, 0.1) is 18.3 Å². The van der Waals surface area contributed by atoms with Gasteiger partial charge in [-0.05, 0) is 42.2 Å². The Morgan fingerprint density at radius 2 is 1.82 bits per heavy atom. The molecule has 1 aliphatic carbocycles. The minimum atomic E-state index is -0.787. The van der Waals surface area contributed by atoms with Gasteiger partial charge in [0.2, 0.25) is 17.7 Å². The van der Waals surface area contributed by atoms with Crippen molar-refractivity contribution in [3.63, 3.8) is 0 Å². The van der Waals surface area contributed by atoms with E-state index in [-0.39, 0.29) is 30.7 Å². The zero-order valence-corrected chi connectivity index (χ0v) is 24.4. The number of thiazole rings is 1. The van der Waals surface area contributed by atoms with E-state index in [0.29, 0.717) is 18.9 Å². The van der Waals surface area contributed by atoms with E-state index in [9.17, 15) is 19.5 Å². The van der Waals surface area contributed by atoms with E-state index in [1.807, 2.05) is 57.5 Å². The van der Waals surface area contributed by atoms with Gasteiger partial charge in [-0.15, -0.1) is 11.3 Å². The Bertz CT molecular complexity index is 1150. The van der Waals surface area contributed by atoms with Gasteiger partial charge in [0.05, 0.1) is 22.2 Å². The molecule has 2 aliphatic rings. The van der Waals surface area contributed by atoms with Crippen molar-refractivity contribution in [3.05, 3.63) is 41.0 Å². The lowest BCUT2D eigenvalue weighted by molar-refractivity contribution is -0.144. The highest BCUT2D eigenvalue weighted by Crippen LogP contribution is 2.29. The number of nitrogens with zero attached hydrogens (tertiary/aromatic N) is 2. The van der Waals surface area contributed by atoms with Crippen LogP contribution in [-0.2, 0) is 20.9 Å². The van der Waals surface area contributed by atoms with Crippen molar-refractivity contribution in [2.24, 2.45) is 11.3 Å². The highest BCUT2D eigenvalue weighted by Gasteiger charge is 2.44. The van der Waals surface area contributed by atoms with Gasteiger partial charge in [-0.25, -0.2) is 4.98 Å². The first-order valence-corrected chi connectivity index (χ1v) is 15.0. The van der Waals surface area contributed by atoms with Crippen LogP contribution in [0.2, 0.25) is 0 Å². The summed E-state index contributed by atoms with van der Waals surface area (Å²) in [5, 5.41) is 16.3. The summed E-state index contributed by atoms with van der Waals surface area (Å²) < 4.78 is 0. The van der Waals surface area contributed by atoms with Crippen molar-refractivity contribution in [3.8, 4) is 10.4 Å². The second kappa shape index (κ2) is 12.6. The number of β-amino-alcohol motifs (C(OH)–C–C–N with tert-alkyl or cyclic N) is 1. The van der Waals surface area contributed by atoms with E-state index in [2.05, 4.69) is 15.6 Å². The number of aliphatic hydroxyl groups is 1. The molecule has 1 aromatic heterocycles. The summed E-state index contributed by atoms with van der Waals surface area (Å²) >= 11 is 1.59. The van der Waals surface area contributed by atoms with Crippen molar-refractivity contribution in [1.29, 1.82) is 0 Å². The van der Waals surface area contributed by atoms with Gasteiger partial charge in [-0.3, -0.25) is 14.4 Å². The van der Waals surface area contributed by atoms with Crippen LogP contribution < -0.4 is 10.6 Å². The Kier molecular flexibility index (Phi) is 9.43. The van der Waals surface area contributed by atoms with Crippen LogP contribution in [0.4, 0.5) is 0 Å². The van der Waals surface area contributed by atoms with Crippen molar-refractivity contribution in [2.45, 2.75) is 97.4 Å². The molecule has 9 heteroatoms. The molecule has 2 fully saturated rings. The Morgan fingerprint density at radius 1 is 1.13 bits per heavy atom. The number of amides is 3. The summed E-state index contributed by atoms with van der Waals surface area (Å²) in [7, 11) is 0. The molecule has 4 rings (SSSR count). The van der Waals surface area contributed by atoms with Crippen molar-refractivity contribution >= 4 is 29.1 Å². The number of aromatic nitrogens is 1. The zero-order chi connectivity index (χ0) is 28.2. The fraction of sp³-hybridized carbons (Fsp3) is 0.600. The van der Waals surface area contributed by atoms with Crippen LogP contribution in [0.5, 0.6) is 0 Å². The Balaban J connectivity index is 1.38. The fourth-order valence-electron chi connectivity index (χ4n) is 5.65. The molecule has 1 saturated carbocycles. The lowest BCUT2D eigenvalue weighted by Gasteiger charge is -2.35. The van der Waals surface area contributed by atoms with Crippen molar-refractivity contribution < 1.29 is 19.5 Å². The lowest BCUT2D eigenvalue weighted by Crippen LogP contribution is -2.57. The molecule has 212 valence electrons. The molecule has 1 saturated heterocycles. The third kappa shape index (κ3) is 7.45. The lowest BCUT2D eigenvalue weighted by atomic mass is 9.84. The number of benzene rings is 1. The second-order valence-electron chi connectivity index (χ2n) is 12.2. The predicted molar refractivity (Wildman–Crippen MR) is 153 cm³/mol. The molecule has 3 atom stereocenters. The Morgan fingerprint density at radius 3 is 2.44 bits per heavy atom. The normalized spacial score (nSPS) is 21.0. The quantitative estimate of drug-likeness (QED) is 0.453. The van der Waals surface area contributed by atoms with Gasteiger partial charge in [-0.1, -0.05) is 64.3 Å². The summed E-state index contributed by atoms with van der Waals surface area (Å²) in [6, 6.07) is 6.41. The van der Waals surface area contributed by atoms with E-state index >= 15 is 0 Å². The highest BCUT2D eigenvalue weighted by molar-refractivity contribution is 7.13. The second-order valence-corrected chi connectivity index (χ2v) is 13.0. The van der Waals surface area contributed by atoms with E-state index in [1.54, 1.807) is 11.3 Å². The van der Waals surface area contributed by atoms with Gasteiger partial charge in [-0.2, -0.15) is 0 Å². The average Bonchev–Trinajstić information content (AvgIpc) is 3.51. The number of aliphatic hydroxyl groups excluding tert-OH is 1. The van der Waals surface area contributed by atoms with Gasteiger partial charge in [0.1, 0.15) is 12.1 Å². The number of carbonyl (C=O) groups is 3. The first-order chi connectivity index (χ1) is 18.5. The number of aryl methyl sites for hydroxylation is 1. The molecule has 0 radical (unpaired) electrons. The van der Waals surface area contributed by atoms with Gasteiger partial charge in [0, 0.05) is 25.9 Å². The largest absolute Gasteiger partial charge is 0.391 e. The summed E-state index contributed by atoms with van der Waals surface area (Å²) in [6.07, 6.45) is 5.44. The summed E-state index contributed by atoms with van der Waals surface area (Å²) in [4.78, 5) is 46.8. The van der Waals surface area contributed by atoms with Crippen LogP contribution in [0.15, 0.2) is 29.8 Å². The molecule has 0 unspecified atom stereocenters. The van der Waals surface area contributed by atoms with Crippen molar-refractivity contribution in [2.75, 3.05) is 6.54 Å². The summed E-state index contributed by atoms with van der Waals surface area (Å²) in [5.74, 6) is -0.376. The van der Waals surface area contributed by atoms with E-state index < -0.39 is 23.6 Å². The molecule has 0 bridgehead atoms. The van der Waals surface area contributed by atoms with E-state index in [4.69, 9.17) is 0 Å². The molecule has 2 heterocycles. The first-order valence-electron chi connectivity index (χ1n) is 14.1. The molecule has 0 spiro atoms. The van der Waals surface area contributed by atoms with Gasteiger partial charge in [0.15, 0.2) is 0 Å². The number of carbonyl (C=O) groups excluding carboxylic acids is 3. The molecular weight excluding hydrogens is 512 g/mol. The average molecular weight is 555 g/mol. The SMILES string of the molecule is Cc1ncsc1-c1ccc(CNC(=O)[C@@H]2C[C@@H](O)CN2C(=O)[C@@H](NC(=O)CC2CCCCC2)C(C)(C)C)cc1. The molecule has 39 heavy (non-hydrogen) atoms. The number of likely N-dealkylation sites (tertiary alicyclic amines) is 1. The minimum Gasteiger partial charge on any atom is -0.391 e. The molecule has 1 aromatic carbocycles. The minimum absolute atomic E-state index is 0.0743. The molecule has 3 N–H and O–H groups in total. The van der Waals surface area contributed by atoms with Crippen LogP contribution in [0.3, 0.4) is 0 Å². The monoisotopic (exact) mass is 554 g/mol. The Hall–Kier alpha value is -2.78. The first kappa shape index (κ1) is 29.2. The highest BCUT2D eigenvalue weighted by atomic mass is 32.1. The van der Waals surface area contributed by atoms with E-state index in [1.165, 1.54) is 11.3 Å². The maximum absolute atomic E-state index is 13.7. The van der Waals surface area contributed by atoms with E-state index in [0.717, 1.165) is 47.4 Å². The van der Waals surface area contributed by atoms with Crippen LogP contribution in [0.1, 0.15) is 77.0 Å². The third-order valence-corrected chi connectivity index (χ3v) is 8.89. The number of hydrogen-bond donors (Lipinski definition) is 3. The zero-order valence-electron chi connectivity index (χ0n) is 23.5. The fourth-order valence-corrected chi connectivity index (χ4v) is 6.47. The standard InChI is InChI=1S/C30H42N4O4S/c1-19-26(39-18-32-19)22-12-10-21(11-13-22)16-31-28(37)24-15-23(35)17-34(24)29(38)27(30(2,3)4)33-25(36)14-20-8-6-5-7-9-20/h10-13,18,20,23-24,27,35H,5-9,14-17H2,1-4H3,(H,31,37)(H,33,36)/t23-,24+,27-/m1/s1. The topological polar surface area (TPSA) is 112 Å². The smallest absolute Gasteiger partial charge is 0.246 e.